The fourth-order valence-corrected chi connectivity index (χ4v) is 3.78. The zero-order chi connectivity index (χ0) is 21.3. The molecule has 30 heavy (non-hydrogen) atoms. The van der Waals surface area contributed by atoms with Gasteiger partial charge >= 0.3 is 5.97 Å². The first-order chi connectivity index (χ1) is 14.4. The highest BCUT2D eigenvalue weighted by Gasteiger charge is 2.26. The Morgan fingerprint density at radius 2 is 2.00 bits per heavy atom. The van der Waals surface area contributed by atoms with E-state index in [9.17, 15) is 18.4 Å². The molecule has 1 heterocycles. The summed E-state index contributed by atoms with van der Waals surface area (Å²) in [7, 11) is 0. The Kier molecular flexibility index (Phi) is 5.44. The third kappa shape index (κ3) is 4.01. The number of nitrogens with one attached hydrogen (secondary N) is 1. The van der Waals surface area contributed by atoms with E-state index in [0.717, 1.165) is 36.2 Å². The fourth-order valence-electron chi connectivity index (χ4n) is 3.78. The maximum Gasteiger partial charge on any atom is 0.339 e. The van der Waals surface area contributed by atoms with E-state index in [2.05, 4.69) is 12.2 Å². The zero-order valence-corrected chi connectivity index (χ0v) is 16.4. The van der Waals surface area contributed by atoms with Gasteiger partial charge in [0.1, 0.15) is 11.6 Å². The number of benzene rings is 2. The van der Waals surface area contributed by atoms with E-state index in [1.165, 1.54) is 0 Å². The number of halogens is 2. The lowest BCUT2D eigenvalue weighted by Crippen LogP contribution is -2.24. The predicted molar refractivity (Wildman–Crippen MR) is 108 cm³/mol. The molecule has 0 unspecified atom stereocenters. The minimum absolute atomic E-state index is 0.182. The molecular formula is C23H20F2N2O3. The van der Waals surface area contributed by atoms with Crippen molar-refractivity contribution < 1.29 is 23.1 Å². The van der Waals surface area contributed by atoms with Crippen molar-refractivity contribution in [3.63, 3.8) is 0 Å². The Labute approximate surface area is 172 Å². The number of aryl methyl sites for hydroxylation is 1. The Hall–Kier alpha value is -3.35. The monoisotopic (exact) mass is 410 g/mol. The third-order valence-corrected chi connectivity index (χ3v) is 5.25. The van der Waals surface area contributed by atoms with Crippen molar-refractivity contribution in [2.45, 2.75) is 26.2 Å². The van der Waals surface area contributed by atoms with Gasteiger partial charge in [0.2, 0.25) is 0 Å². The number of carbonyl (C=O) groups is 2. The van der Waals surface area contributed by atoms with Gasteiger partial charge in [0.25, 0.3) is 5.91 Å². The molecule has 0 saturated carbocycles. The van der Waals surface area contributed by atoms with Gasteiger partial charge in [-0.2, -0.15) is 0 Å². The van der Waals surface area contributed by atoms with Crippen molar-refractivity contribution in [3.05, 3.63) is 70.9 Å². The first-order valence-corrected chi connectivity index (χ1v) is 9.75. The van der Waals surface area contributed by atoms with Crippen LogP contribution in [0.1, 0.15) is 35.0 Å². The maximum absolute atomic E-state index is 13.7. The van der Waals surface area contributed by atoms with Gasteiger partial charge in [-0.1, -0.05) is 25.1 Å². The van der Waals surface area contributed by atoms with Crippen LogP contribution >= 0.6 is 0 Å². The number of hydrogen-bond acceptors (Lipinski definition) is 4. The molecule has 0 bridgehead atoms. The van der Waals surface area contributed by atoms with Gasteiger partial charge in [-0.3, -0.25) is 9.78 Å². The topological polar surface area (TPSA) is 68.3 Å². The van der Waals surface area contributed by atoms with E-state index >= 15 is 0 Å². The highest BCUT2D eigenvalue weighted by Crippen LogP contribution is 2.32. The summed E-state index contributed by atoms with van der Waals surface area (Å²) in [5.41, 5.74) is 2.70. The number of fused-ring (bicyclic) bond motifs is 2. The molecule has 0 saturated heterocycles. The average molecular weight is 410 g/mol. The molecule has 3 aromatic rings. The number of pyridine rings is 1. The first kappa shape index (κ1) is 19.9. The van der Waals surface area contributed by atoms with E-state index in [-0.39, 0.29) is 5.69 Å². The van der Waals surface area contributed by atoms with Gasteiger partial charge in [-0.25, -0.2) is 13.6 Å². The lowest BCUT2D eigenvalue weighted by molar-refractivity contribution is -0.119. The summed E-state index contributed by atoms with van der Waals surface area (Å²) in [6.07, 6.45) is 2.50. The lowest BCUT2D eigenvalue weighted by Gasteiger charge is -2.24. The van der Waals surface area contributed by atoms with Crippen LogP contribution in [0.3, 0.4) is 0 Å². The van der Waals surface area contributed by atoms with Crippen LogP contribution in [0.25, 0.3) is 10.9 Å². The van der Waals surface area contributed by atoms with Crippen molar-refractivity contribution >= 4 is 28.5 Å². The van der Waals surface area contributed by atoms with Crippen LogP contribution in [0.4, 0.5) is 14.5 Å². The standard InChI is InChI=1S/C23H20F2N2O3/c1-13-6-8-19-16(10-13)22(15-4-2-3-5-18(15)26-19)23(29)30-12-21(28)27-20-9-7-14(24)11-17(20)25/h2-5,7,9,11,13H,6,8,10,12H2,1H3,(H,27,28)/t13-/m1/s1. The Morgan fingerprint density at radius 3 is 2.80 bits per heavy atom. The van der Waals surface area contributed by atoms with E-state index in [4.69, 9.17) is 9.72 Å². The Bertz CT molecular complexity index is 1150. The van der Waals surface area contributed by atoms with Gasteiger partial charge in [-0.15, -0.1) is 0 Å². The molecule has 0 aliphatic heterocycles. The van der Waals surface area contributed by atoms with Crippen LogP contribution in [-0.4, -0.2) is 23.5 Å². The molecule has 7 heteroatoms. The van der Waals surface area contributed by atoms with Crippen LogP contribution in [0.2, 0.25) is 0 Å². The Morgan fingerprint density at radius 1 is 1.20 bits per heavy atom. The lowest BCUT2D eigenvalue weighted by atomic mass is 9.84. The van der Waals surface area contributed by atoms with Gasteiger partial charge in [0.05, 0.1) is 16.8 Å². The largest absolute Gasteiger partial charge is 0.452 e. The molecule has 1 atom stereocenters. The molecule has 1 aliphatic carbocycles. The van der Waals surface area contributed by atoms with Crippen LogP contribution < -0.4 is 5.32 Å². The first-order valence-electron chi connectivity index (χ1n) is 9.75. The van der Waals surface area contributed by atoms with Crippen LogP contribution in [-0.2, 0) is 22.4 Å². The third-order valence-electron chi connectivity index (χ3n) is 5.25. The number of amides is 1. The molecule has 1 N–H and O–H groups in total. The minimum Gasteiger partial charge on any atom is -0.452 e. The van der Waals surface area contributed by atoms with E-state index < -0.39 is 30.1 Å². The molecule has 0 radical (unpaired) electrons. The Balaban J connectivity index is 1.56. The maximum atomic E-state index is 13.7. The summed E-state index contributed by atoms with van der Waals surface area (Å²) in [4.78, 5) is 29.8. The summed E-state index contributed by atoms with van der Waals surface area (Å²) >= 11 is 0. The number of nitrogens with zero attached hydrogens (tertiary/aromatic N) is 1. The molecule has 1 amide bonds. The molecule has 0 spiro atoms. The summed E-state index contributed by atoms with van der Waals surface area (Å²) in [5, 5.41) is 2.96. The number of anilines is 1. The summed E-state index contributed by atoms with van der Waals surface area (Å²) in [6, 6.07) is 10.1. The van der Waals surface area contributed by atoms with E-state index in [1.54, 1.807) is 0 Å². The van der Waals surface area contributed by atoms with Crippen molar-refractivity contribution in [2.24, 2.45) is 5.92 Å². The number of hydrogen-bond donors (Lipinski definition) is 1. The molecule has 0 fully saturated rings. The number of carbonyl (C=O) groups excluding carboxylic acids is 2. The van der Waals surface area contributed by atoms with Gasteiger partial charge < -0.3 is 10.1 Å². The molecule has 1 aliphatic rings. The number of esters is 1. The van der Waals surface area contributed by atoms with Crippen molar-refractivity contribution in [1.29, 1.82) is 0 Å². The van der Waals surface area contributed by atoms with E-state index in [1.807, 2.05) is 24.3 Å². The normalized spacial score (nSPS) is 15.5. The highest BCUT2D eigenvalue weighted by molar-refractivity contribution is 6.06. The van der Waals surface area contributed by atoms with Crippen LogP contribution in [0.15, 0.2) is 42.5 Å². The second-order valence-electron chi connectivity index (χ2n) is 7.53. The quantitative estimate of drug-likeness (QED) is 0.646. The average Bonchev–Trinajstić information content (AvgIpc) is 2.72. The molecule has 5 nitrogen and oxygen atoms in total. The summed E-state index contributed by atoms with van der Waals surface area (Å²) in [6.45, 7) is 1.54. The van der Waals surface area contributed by atoms with Crippen LogP contribution in [0, 0.1) is 17.6 Å². The second kappa shape index (κ2) is 8.18. The number of ether oxygens (including phenoxy) is 1. The number of aromatic nitrogens is 1. The summed E-state index contributed by atoms with van der Waals surface area (Å²) in [5.74, 6) is -2.57. The summed E-state index contributed by atoms with van der Waals surface area (Å²) < 4.78 is 32.0. The molecule has 4 rings (SSSR count). The molecule has 154 valence electrons. The smallest absolute Gasteiger partial charge is 0.339 e. The van der Waals surface area contributed by atoms with Gasteiger partial charge in [0, 0.05) is 17.1 Å². The van der Waals surface area contributed by atoms with E-state index in [0.29, 0.717) is 34.9 Å². The van der Waals surface area contributed by atoms with Gasteiger partial charge in [-0.05, 0) is 48.9 Å². The van der Waals surface area contributed by atoms with Crippen LogP contribution in [0.5, 0.6) is 0 Å². The second-order valence-corrected chi connectivity index (χ2v) is 7.53. The van der Waals surface area contributed by atoms with Crippen molar-refractivity contribution in [3.8, 4) is 0 Å². The van der Waals surface area contributed by atoms with Crippen molar-refractivity contribution in [2.75, 3.05) is 11.9 Å². The highest BCUT2D eigenvalue weighted by atomic mass is 19.1. The number of para-hydroxylation sites is 1. The molecular weight excluding hydrogens is 390 g/mol. The SMILES string of the molecule is C[C@@H]1CCc2nc3ccccc3c(C(=O)OCC(=O)Nc3ccc(F)cc3F)c2C1. The number of rotatable bonds is 4. The fraction of sp³-hybridized carbons (Fsp3) is 0.261. The van der Waals surface area contributed by atoms with Crippen molar-refractivity contribution in [1.82, 2.24) is 4.98 Å². The predicted octanol–water partition coefficient (Wildman–Crippen LogP) is 4.43. The molecule has 2 aromatic carbocycles. The zero-order valence-electron chi connectivity index (χ0n) is 16.4. The van der Waals surface area contributed by atoms with Gasteiger partial charge in [0.15, 0.2) is 6.61 Å². The molecule has 1 aromatic heterocycles. The minimum atomic E-state index is -0.905.